The average Bonchev–Trinajstić information content (AvgIpc) is 2.64. The Morgan fingerprint density at radius 1 is 0.852 bits per heavy atom. The van der Waals surface area contributed by atoms with Crippen molar-refractivity contribution < 1.29 is 4.92 Å². The summed E-state index contributed by atoms with van der Waals surface area (Å²) < 4.78 is 0. The van der Waals surface area contributed by atoms with E-state index in [0.717, 1.165) is 27.1 Å². The van der Waals surface area contributed by atoms with Gasteiger partial charge < -0.3 is 4.98 Å². The van der Waals surface area contributed by atoms with Crippen LogP contribution in [0.25, 0.3) is 33.7 Å². The van der Waals surface area contributed by atoms with E-state index in [1.165, 1.54) is 6.08 Å². The van der Waals surface area contributed by atoms with Gasteiger partial charge in [-0.15, -0.1) is 0 Å². The van der Waals surface area contributed by atoms with Gasteiger partial charge >= 0.3 is 16.9 Å². The molecule has 0 aliphatic rings. The molecule has 0 aliphatic carbocycles. The monoisotopic (exact) mass is 359 g/mol. The van der Waals surface area contributed by atoms with Gasteiger partial charge in [0.15, 0.2) is 0 Å². The summed E-state index contributed by atoms with van der Waals surface area (Å²) in [4.78, 5) is 38.0. The second kappa shape index (κ2) is 6.38. The first-order valence-corrected chi connectivity index (χ1v) is 8.14. The maximum absolute atomic E-state index is 11.8. The van der Waals surface area contributed by atoms with Crippen molar-refractivity contribution in [2.24, 2.45) is 0 Å². The molecule has 0 amide bonds. The summed E-state index contributed by atoms with van der Waals surface area (Å²) in [5.41, 5.74) is -1.83. The molecule has 0 saturated carbocycles. The van der Waals surface area contributed by atoms with Crippen LogP contribution in [0.1, 0.15) is 11.3 Å². The van der Waals surface area contributed by atoms with Crippen molar-refractivity contribution in [2.75, 3.05) is 0 Å². The largest absolute Gasteiger partial charge is 0.357 e. The minimum Gasteiger partial charge on any atom is -0.301 e. The predicted octanol–water partition coefficient (Wildman–Crippen LogP) is 3.45. The van der Waals surface area contributed by atoms with Crippen LogP contribution in [0.5, 0.6) is 0 Å². The van der Waals surface area contributed by atoms with Crippen molar-refractivity contribution in [3.63, 3.8) is 0 Å². The Bertz CT molecular complexity index is 1290. The number of H-pyrrole nitrogens is 2. The van der Waals surface area contributed by atoms with Crippen LogP contribution in [0.4, 0.5) is 5.69 Å². The van der Waals surface area contributed by atoms with Gasteiger partial charge in [-0.05, 0) is 39.3 Å². The van der Waals surface area contributed by atoms with Gasteiger partial charge in [-0.3, -0.25) is 19.9 Å². The van der Waals surface area contributed by atoms with E-state index >= 15 is 0 Å². The molecule has 0 spiro atoms. The number of nitrogens with one attached hydrogen (secondary N) is 2. The number of aromatic nitrogens is 2. The van der Waals surface area contributed by atoms with Gasteiger partial charge in [0.05, 0.1) is 4.92 Å². The van der Waals surface area contributed by atoms with Crippen LogP contribution in [0.3, 0.4) is 0 Å². The zero-order valence-corrected chi connectivity index (χ0v) is 13.9. The summed E-state index contributed by atoms with van der Waals surface area (Å²) in [5.74, 6) is 0. The Balaban J connectivity index is 2.00. The highest BCUT2D eigenvalue weighted by Crippen LogP contribution is 2.30. The van der Waals surface area contributed by atoms with Crippen LogP contribution in [0.2, 0.25) is 0 Å². The summed E-state index contributed by atoms with van der Waals surface area (Å²) in [6.45, 7) is 0. The lowest BCUT2D eigenvalue weighted by molar-refractivity contribution is -0.386. The summed E-state index contributed by atoms with van der Waals surface area (Å²) in [6, 6.07) is 17.6. The lowest BCUT2D eigenvalue weighted by atomic mass is 9.96. The Kier molecular flexibility index (Phi) is 3.89. The van der Waals surface area contributed by atoms with Crippen molar-refractivity contribution in [3.05, 3.63) is 96.8 Å². The summed E-state index contributed by atoms with van der Waals surface area (Å²) in [5, 5.41) is 15.2. The summed E-state index contributed by atoms with van der Waals surface area (Å²) >= 11 is 0. The van der Waals surface area contributed by atoms with Crippen LogP contribution in [-0.2, 0) is 0 Å². The van der Waals surface area contributed by atoms with E-state index in [-0.39, 0.29) is 5.69 Å². The highest BCUT2D eigenvalue weighted by atomic mass is 16.6. The standard InChI is InChI=1S/C20H13N3O4/c24-19-18(23(26)27)17(21-20(25)22-19)10-9-16-14-7-3-1-5-12(14)11-13-6-2-4-8-15(13)16/h1-11H,(H2,21,22,24,25)/b10-9-. The molecule has 7 heteroatoms. The Labute approximate surface area is 151 Å². The maximum Gasteiger partial charge on any atom is 0.357 e. The highest BCUT2D eigenvalue weighted by molar-refractivity contribution is 6.07. The average molecular weight is 359 g/mol. The zero-order chi connectivity index (χ0) is 19.0. The first kappa shape index (κ1) is 16.5. The predicted molar refractivity (Wildman–Crippen MR) is 105 cm³/mol. The number of nitro groups is 1. The molecule has 132 valence electrons. The zero-order valence-electron chi connectivity index (χ0n) is 13.9. The van der Waals surface area contributed by atoms with Gasteiger partial charge in [0.1, 0.15) is 5.69 Å². The summed E-state index contributed by atoms with van der Waals surface area (Å²) in [7, 11) is 0. The lowest BCUT2D eigenvalue weighted by Crippen LogP contribution is -2.25. The third kappa shape index (κ3) is 2.91. The van der Waals surface area contributed by atoms with E-state index in [4.69, 9.17) is 0 Å². The molecular weight excluding hydrogens is 346 g/mol. The van der Waals surface area contributed by atoms with Gasteiger partial charge in [-0.2, -0.15) is 0 Å². The molecule has 0 unspecified atom stereocenters. The van der Waals surface area contributed by atoms with Crippen LogP contribution in [0.15, 0.2) is 64.2 Å². The molecule has 0 aliphatic heterocycles. The third-order valence-electron chi connectivity index (χ3n) is 4.36. The molecule has 0 radical (unpaired) electrons. The molecule has 0 fully saturated rings. The number of hydrogen-bond acceptors (Lipinski definition) is 4. The van der Waals surface area contributed by atoms with E-state index in [2.05, 4.69) is 11.1 Å². The maximum atomic E-state index is 11.8. The minimum atomic E-state index is -1.04. The highest BCUT2D eigenvalue weighted by Gasteiger charge is 2.19. The Morgan fingerprint density at radius 2 is 1.44 bits per heavy atom. The molecular formula is C20H13N3O4. The molecule has 4 aromatic rings. The third-order valence-corrected chi connectivity index (χ3v) is 4.36. The van der Waals surface area contributed by atoms with Crippen molar-refractivity contribution >= 4 is 39.4 Å². The molecule has 27 heavy (non-hydrogen) atoms. The fourth-order valence-electron chi connectivity index (χ4n) is 3.19. The van der Waals surface area contributed by atoms with Crippen LogP contribution in [-0.4, -0.2) is 14.9 Å². The van der Waals surface area contributed by atoms with Crippen LogP contribution >= 0.6 is 0 Å². The molecule has 2 N–H and O–H groups in total. The Hall–Kier alpha value is -4.00. The van der Waals surface area contributed by atoms with Crippen molar-refractivity contribution in [3.8, 4) is 0 Å². The van der Waals surface area contributed by atoms with Crippen LogP contribution in [0, 0.1) is 10.1 Å². The summed E-state index contributed by atoms with van der Waals surface area (Å²) in [6.07, 6.45) is 3.07. The molecule has 0 bridgehead atoms. The molecule has 0 atom stereocenters. The second-order valence-electron chi connectivity index (χ2n) is 5.99. The van der Waals surface area contributed by atoms with Gasteiger partial charge in [0.2, 0.25) is 0 Å². The first-order chi connectivity index (χ1) is 13.0. The van der Waals surface area contributed by atoms with Crippen molar-refractivity contribution in [2.45, 2.75) is 0 Å². The van der Waals surface area contributed by atoms with Gasteiger partial charge in [0.25, 0.3) is 0 Å². The number of nitrogens with zero attached hydrogens (tertiary/aromatic N) is 1. The van der Waals surface area contributed by atoms with Crippen molar-refractivity contribution in [1.82, 2.24) is 9.97 Å². The van der Waals surface area contributed by atoms with E-state index in [9.17, 15) is 19.7 Å². The molecule has 4 rings (SSSR count). The first-order valence-electron chi connectivity index (χ1n) is 8.14. The van der Waals surface area contributed by atoms with Gasteiger partial charge in [-0.25, -0.2) is 4.79 Å². The fraction of sp³-hybridized carbons (Fsp3) is 0. The molecule has 3 aromatic carbocycles. The molecule has 1 heterocycles. The van der Waals surface area contributed by atoms with E-state index in [1.807, 2.05) is 53.5 Å². The van der Waals surface area contributed by atoms with E-state index in [0.29, 0.717) is 0 Å². The van der Waals surface area contributed by atoms with Crippen molar-refractivity contribution in [1.29, 1.82) is 0 Å². The molecule has 1 aromatic heterocycles. The quantitative estimate of drug-likeness (QED) is 0.332. The number of rotatable bonds is 3. The molecule has 7 nitrogen and oxygen atoms in total. The van der Waals surface area contributed by atoms with Gasteiger partial charge in [0, 0.05) is 0 Å². The fourth-order valence-corrected chi connectivity index (χ4v) is 3.19. The number of benzene rings is 3. The lowest BCUT2D eigenvalue weighted by Gasteiger charge is -2.08. The normalized spacial score (nSPS) is 11.4. The minimum absolute atomic E-state index is 0.147. The van der Waals surface area contributed by atoms with Gasteiger partial charge in [-0.1, -0.05) is 54.6 Å². The van der Waals surface area contributed by atoms with Crippen LogP contribution < -0.4 is 11.2 Å². The number of aromatic amines is 2. The SMILES string of the molecule is O=c1[nH]c(/C=C\c2c3ccccc3cc3ccccc23)c([N+](=O)[O-])c(=O)[nH]1. The van der Waals surface area contributed by atoms with E-state index < -0.39 is 21.9 Å². The second-order valence-corrected chi connectivity index (χ2v) is 5.99. The number of hydrogen-bond donors (Lipinski definition) is 2. The molecule has 0 saturated heterocycles. The van der Waals surface area contributed by atoms with E-state index in [1.54, 1.807) is 6.08 Å². The number of fused-ring (bicyclic) bond motifs is 2. The topological polar surface area (TPSA) is 109 Å². The Morgan fingerprint density at radius 3 is 2.04 bits per heavy atom. The smallest absolute Gasteiger partial charge is 0.301 e.